The van der Waals surface area contributed by atoms with E-state index in [1.807, 2.05) is 93.6 Å². The number of benzene rings is 3. The van der Waals surface area contributed by atoms with Crippen molar-refractivity contribution in [3.8, 4) is 16.9 Å². The molecule has 8 heteroatoms. The van der Waals surface area contributed by atoms with Gasteiger partial charge in [-0.1, -0.05) is 66.7 Å². The van der Waals surface area contributed by atoms with Crippen molar-refractivity contribution in [1.82, 2.24) is 10.6 Å². The van der Waals surface area contributed by atoms with Gasteiger partial charge in [0.15, 0.2) is 0 Å². The third kappa shape index (κ3) is 13.1. The molecule has 2 amide bonds. The van der Waals surface area contributed by atoms with Gasteiger partial charge in [-0.3, -0.25) is 5.32 Å². The summed E-state index contributed by atoms with van der Waals surface area (Å²) in [6.07, 6.45) is 8.33. The number of hydrogen-bond donors (Lipinski definition) is 3. The van der Waals surface area contributed by atoms with Gasteiger partial charge in [-0.25, -0.2) is 9.59 Å². The molecule has 0 radical (unpaired) electrons. The van der Waals surface area contributed by atoms with Gasteiger partial charge in [-0.05, 0) is 115 Å². The Bertz CT molecular complexity index is 1480. The molecule has 3 N–H and O–H groups in total. The van der Waals surface area contributed by atoms with Gasteiger partial charge < -0.3 is 24.8 Å². The van der Waals surface area contributed by atoms with Crippen molar-refractivity contribution in [2.24, 2.45) is 0 Å². The third-order valence-corrected chi connectivity index (χ3v) is 7.82. The van der Waals surface area contributed by atoms with Crippen molar-refractivity contribution in [3.63, 3.8) is 0 Å². The molecule has 258 valence electrons. The maximum atomic E-state index is 13.1. The van der Waals surface area contributed by atoms with E-state index in [2.05, 4.69) is 48.9 Å². The quantitative estimate of drug-likeness (QED) is 0.168. The van der Waals surface area contributed by atoms with Crippen molar-refractivity contribution in [1.29, 1.82) is 0 Å². The lowest BCUT2D eigenvalue weighted by atomic mass is 9.91. The molecule has 0 unspecified atom stereocenters. The predicted molar refractivity (Wildman–Crippen MR) is 194 cm³/mol. The van der Waals surface area contributed by atoms with Gasteiger partial charge in [0, 0.05) is 23.7 Å². The molecule has 3 aromatic carbocycles. The predicted octanol–water partition coefficient (Wildman–Crippen LogP) is 9.15. The lowest BCUT2D eigenvalue weighted by Crippen LogP contribution is -2.46. The molecule has 1 saturated carbocycles. The minimum absolute atomic E-state index is 0.0774. The first kappa shape index (κ1) is 36.5. The van der Waals surface area contributed by atoms with Crippen molar-refractivity contribution >= 4 is 23.9 Å². The highest BCUT2D eigenvalue weighted by atomic mass is 16.6. The van der Waals surface area contributed by atoms with Gasteiger partial charge in [0.05, 0.1) is 12.3 Å². The van der Waals surface area contributed by atoms with E-state index >= 15 is 0 Å². The Morgan fingerprint density at radius 1 is 0.854 bits per heavy atom. The standard InChI is InChI=1S/C40H53N3O5/c1-39(2,3)43-32-18-22-34(23-19-32)47-38(45)42-36-28-30(17-24-35(36)31-13-8-7-9-14-31)12-10-11-27-46-33-20-15-29(16-21-33)25-26-41-37(44)48-40(4,5)6/h7-10,12-17,20-21,24,28,32,34,43H,11,18-19,22-23,25-27H2,1-6H3,(H,41,44)(H,42,45)/t32-,34-. The molecule has 0 atom stereocenters. The van der Waals surface area contributed by atoms with Crippen molar-refractivity contribution in [2.45, 2.75) is 103 Å². The summed E-state index contributed by atoms with van der Waals surface area (Å²) in [6, 6.07) is 24.5. The van der Waals surface area contributed by atoms with Gasteiger partial charge >= 0.3 is 12.2 Å². The van der Waals surface area contributed by atoms with E-state index < -0.39 is 17.8 Å². The van der Waals surface area contributed by atoms with Gasteiger partial charge in [0.1, 0.15) is 17.5 Å². The fourth-order valence-corrected chi connectivity index (χ4v) is 5.71. The van der Waals surface area contributed by atoms with E-state index in [1.54, 1.807) is 0 Å². The van der Waals surface area contributed by atoms with Gasteiger partial charge in [-0.2, -0.15) is 0 Å². The van der Waals surface area contributed by atoms with Crippen LogP contribution in [0, 0.1) is 0 Å². The molecular weight excluding hydrogens is 602 g/mol. The largest absolute Gasteiger partial charge is 0.493 e. The molecular formula is C40H53N3O5. The molecule has 0 heterocycles. The monoisotopic (exact) mass is 655 g/mol. The Morgan fingerprint density at radius 2 is 1.56 bits per heavy atom. The number of ether oxygens (including phenoxy) is 3. The fraction of sp³-hybridized carbons (Fsp3) is 0.450. The zero-order valence-electron chi connectivity index (χ0n) is 29.4. The maximum absolute atomic E-state index is 13.1. The molecule has 0 bridgehead atoms. The second-order valence-corrected chi connectivity index (χ2v) is 14.4. The minimum atomic E-state index is -0.509. The van der Waals surface area contributed by atoms with Gasteiger partial charge in [0.25, 0.3) is 0 Å². The number of amides is 2. The highest BCUT2D eigenvalue weighted by Gasteiger charge is 2.26. The topological polar surface area (TPSA) is 97.9 Å². The van der Waals surface area contributed by atoms with Crippen LogP contribution in [0.4, 0.5) is 15.3 Å². The lowest BCUT2D eigenvalue weighted by molar-refractivity contribution is 0.0528. The summed E-state index contributed by atoms with van der Waals surface area (Å²) in [4.78, 5) is 24.9. The highest BCUT2D eigenvalue weighted by molar-refractivity contribution is 5.92. The SMILES string of the molecule is CC(C)(C)N[C@H]1CC[C@H](OC(=O)Nc2cc(C=CCCOc3ccc(CCNC(=O)OC(C)(C)C)cc3)ccc2-c2ccccc2)CC1. The maximum Gasteiger partial charge on any atom is 0.411 e. The van der Waals surface area contributed by atoms with E-state index in [0.717, 1.165) is 60.1 Å². The molecule has 4 rings (SSSR count). The van der Waals surface area contributed by atoms with Crippen molar-refractivity contribution in [3.05, 3.63) is 90.0 Å². The van der Waals surface area contributed by atoms with E-state index in [4.69, 9.17) is 14.2 Å². The average Bonchev–Trinajstić information content (AvgIpc) is 3.01. The Labute approximate surface area is 286 Å². The summed E-state index contributed by atoms with van der Waals surface area (Å²) >= 11 is 0. The van der Waals surface area contributed by atoms with E-state index in [-0.39, 0.29) is 11.6 Å². The number of nitrogens with one attached hydrogen (secondary N) is 3. The molecule has 1 aliphatic rings. The molecule has 1 aliphatic carbocycles. The van der Waals surface area contributed by atoms with E-state index in [9.17, 15) is 9.59 Å². The number of rotatable bonds is 12. The molecule has 8 nitrogen and oxygen atoms in total. The van der Waals surface area contributed by atoms with Crippen LogP contribution in [0.1, 0.15) is 84.8 Å². The Balaban J connectivity index is 1.27. The summed E-state index contributed by atoms with van der Waals surface area (Å²) in [7, 11) is 0. The molecule has 0 aromatic heterocycles. The zero-order valence-corrected chi connectivity index (χ0v) is 29.4. The summed E-state index contributed by atoms with van der Waals surface area (Å²) < 4.78 is 17.1. The summed E-state index contributed by atoms with van der Waals surface area (Å²) in [6.45, 7) is 13.1. The first-order valence-electron chi connectivity index (χ1n) is 17.1. The smallest absolute Gasteiger partial charge is 0.411 e. The van der Waals surface area contributed by atoms with Crippen LogP contribution in [0.2, 0.25) is 0 Å². The molecule has 0 spiro atoms. The van der Waals surface area contributed by atoms with Crippen LogP contribution in [0.15, 0.2) is 78.9 Å². The molecule has 1 fully saturated rings. The lowest BCUT2D eigenvalue weighted by Gasteiger charge is -2.34. The Kier molecular flexibility index (Phi) is 13.1. The number of hydrogen-bond acceptors (Lipinski definition) is 6. The summed E-state index contributed by atoms with van der Waals surface area (Å²) in [5, 5.41) is 9.49. The Morgan fingerprint density at radius 3 is 2.23 bits per heavy atom. The van der Waals surface area contributed by atoms with Crippen LogP contribution in [0.5, 0.6) is 5.75 Å². The normalized spacial score (nSPS) is 16.7. The van der Waals surface area contributed by atoms with Crippen LogP contribution in [0.25, 0.3) is 17.2 Å². The second-order valence-electron chi connectivity index (χ2n) is 14.4. The number of anilines is 1. The fourth-order valence-electron chi connectivity index (χ4n) is 5.71. The average molecular weight is 656 g/mol. The molecule has 3 aromatic rings. The van der Waals surface area contributed by atoms with Crippen LogP contribution >= 0.6 is 0 Å². The van der Waals surface area contributed by atoms with Crippen molar-refractivity contribution < 1.29 is 23.8 Å². The van der Waals surface area contributed by atoms with Gasteiger partial charge in [-0.15, -0.1) is 0 Å². The molecule has 0 saturated heterocycles. The number of carbonyl (C=O) groups excluding carboxylic acids is 2. The van der Waals surface area contributed by atoms with E-state index in [1.165, 1.54) is 0 Å². The summed E-state index contributed by atoms with van der Waals surface area (Å²) in [5.41, 5.74) is 4.33. The highest BCUT2D eigenvalue weighted by Crippen LogP contribution is 2.30. The minimum Gasteiger partial charge on any atom is -0.493 e. The van der Waals surface area contributed by atoms with Crippen LogP contribution in [-0.2, 0) is 15.9 Å². The number of carbonyl (C=O) groups is 2. The summed E-state index contributed by atoms with van der Waals surface area (Å²) in [5.74, 6) is 0.795. The number of alkyl carbamates (subject to hydrolysis) is 1. The van der Waals surface area contributed by atoms with Crippen LogP contribution < -0.4 is 20.7 Å². The molecule has 0 aliphatic heterocycles. The van der Waals surface area contributed by atoms with E-state index in [0.29, 0.717) is 31.3 Å². The second kappa shape index (κ2) is 17.2. The first-order chi connectivity index (χ1) is 22.8. The Hall–Kier alpha value is -4.30. The third-order valence-electron chi connectivity index (χ3n) is 7.82. The van der Waals surface area contributed by atoms with Crippen LogP contribution in [-0.4, -0.2) is 48.6 Å². The van der Waals surface area contributed by atoms with Gasteiger partial charge in [0.2, 0.25) is 0 Å². The molecule has 48 heavy (non-hydrogen) atoms. The first-order valence-corrected chi connectivity index (χ1v) is 17.1. The van der Waals surface area contributed by atoms with Crippen LogP contribution in [0.3, 0.4) is 0 Å². The zero-order chi connectivity index (χ0) is 34.6. The van der Waals surface area contributed by atoms with Crippen molar-refractivity contribution in [2.75, 3.05) is 18.5 Å².